The van der Waals surface area contributed by atoms with Gasteiger partial charge in [-0.25, -0.2) is 9.59 Å². The standard InChI is InChI=1S/C34H30N4O6/c39-31(41-33-17-15-23(35-33)11-13-25(33)27-19-29(43-37-27)21-7-3-1-4-8-21)32(40)42-34-18-16-24(36-34)12-14-26(34)28-20-30(44-38-28)22-9-5-2-6-10-22/h1-10,13-14,19-20,23-24,35-36H,11-12,15-18H2. The minimum absolute atomic E-state index is 0.123. The first-order valence-electron chi connectivity index (χ1n) is 15.0. The van der Waals surface area contributed by atoms with Gasteiger partial charge in [0.1, 0.15) is 11.4 Å². The van der Waals surface area contributed by atoms with Crippen molar-refractivity contribution in [2.24, 2.45) is 0 Å². The average Bonchev–Trinajstić information content (AvgIpc) is 3.86. The van der Waals surface area contributed by atoms with E-state index in [1.54, 1.807) is 0 Å². The first-order chi connectivity index (χ1) is 21.5. The highest BCUT2D eigenvalue weighted by molar-refractivity contribution is 6.30. The van der Waals surface area contributed by atoms with Gasteiger partial charge in [0.2, 0.25) is 0 Å². The molecule has 2 saturated heterocycles. The fourth-order valence-electron chi connectivity index (χ4n) is 6.91. The summed E-state index contributed by atoms with van der Waals surface area (Å²) < 4.78 is 23.3. The lowest BCUT2D eigenvalue weighted by molar-refractivity contribution is -0.182. The molecular formula is C34H30N4O6. The lowest BCUT2D eigenvalue weighted by Gasteiger charge is -2.36. The van der Waals surface area contributed by atoms with Crippen molar-refractivity contribution >= 4 is 23.1 Å². The summed E-state index contributed by atoms with van der Waals surface area (Å²) in [6.45, 7) is 0. The number of aromatic nitrogens is 2. The van der Waals surface area contributed by atoms with Crippen LogP contribution in [0.5, 0.6) is 0 Å². The number of carbonyl (C=O) groups excluding carboxylic acids is 2. The van der Waals surface area contributed by atoms with Crippen molar-refractivity contribution in [1.29, 1.82) is 0 Å². The molecule has 2 aromatic heterocycles. The van der Waals surface area contributed by atoms with Gasteiger partial charge in [-0.3, -0.25) is 10.6 Å². The van der Waals surface area contributed by atoms with E-state index in [2.05, 4.69) is 20.9 Å². The summed E-state index contributed by atoms with van der Waals surface area (Å²) in [5, 5.41) is 15.4. The van der Waals surface area contributed by atoms with E-state index in [9.17, 15) is 9.59 Å². The van der Waals surface area contributed by atoms with Gasteiger partial charge >= 0.3 is 11.9 Å². The number of hydrogen-bond acceptors (Lipinski definition) is 10. The molecule has 4 atom stereocenters. The van der Waals surface area contributed by atoms with Crippen LogP contribution in [0.3, 0.4) is 0 Å². The molecule has 4 aromatic rings. The van der Waals surface area contributed by atoms with Crippen molar-refractivity contribution in [1.82, 2.24) is 20.9 Å². The lowest BCUT2D eigenvalue weighted by atomic mass is 9.95. The topological polar surface area (TPSA) is 129 Å². The molecule has 10 heteroatoms. The molecule has 6 heterocycles. The third kappa shape index (κ3) is 4.58. The predicted molar refractivity (Wildman–Crippen MR) is 159 cm³/mol. The number of carbonyl (C=O) groups is 2. The first kappa shape index (κ1) is 26.8. The number of ether oxygens (including phenoxy) is 2. The van der Waals surface area contributed by atoms with E-state index in [0.717, 1.165) is 36.8 Å². The Hall–Kier alpha value is -4.80. The van der Waals surface area contributed by atoms with Crippen LogP contribution in [-0.2, 0) is 19.1 Å². The van der Waals surface area contributed by atoms with Gasteiger partial charge in [-0.1, -0.05) is 83.1 Å². The number of rotatable bonds is 6. The normalized spacial score (nSPS) is 27.0. The largest absolute Gasteiger partial charge is 0.431 e. The van der Waals surface area contributed by atoms with E-state index in [1.165, 1.54) is 0 Å². The third-order valence-corrected chi connectivity index (χ3v) is 9.04. The zero-order valence-electron chi connectivity index (χ0n) is 23.8. The Balaban J connectivity index is 1.03. The maximum Gasteiger partial charge on any atom is 0.419 e. The molecule has 8 rings (SSSR count). The fourth-order valence-corrected chi connectivity index (χ4v) is 6.91. The summed E-state index contributed by atoms with van der Waals surface area (Å²) in [5.74, 6) is -0.952. The Bertz CT molecular complexity index is 1660. The van der Waals surface area contributed by atoms with E-state index in [-0.39, 0.29) is 12.1 Å². The highest BCUT2D eigenvalue weighted by atomic mass is 16.6. The molecule has 2 N–H and O–H groups in total. The van der Waals surface area contributed by atoms with Crippen LogP contribution in [0.4, 0.5) is 0 Å². The Morgan fingerprint density at radius 3 is 1.55 bits per heavy atom. The Kier molecular flexibility index (Phi) is 6.35. The monoisotopic (exact) mass is 590 g/mol. The zero-order chi connectivity index (χ0) is 29.7. The van der Waals surface area contributed by atoms with Crippen molar-refractivity contribution in [3.8, 4) is 22.6 Å². The van der Waals surface area contributed by atoms with Crippen molar-refractivity contribution in [3.63, 3.8) is 0 Å². The summed E-state index contributed by atoms with van der Waals surface area (Å²) >= 11 is 0. The minimum atomic E-state index is -1.21. The van der Waals surface area contributed by atoms with Crippen LogP contribution in [0.2, 0.25) is 0 Å². The van der Waals surface area contributed by atoms with E-state index < -0.39 is 23.4 Å². The highest BCUT2D eigenvalue weighted by Gasteiger charge is 2.53. The first-order valence-corrected chi connectivity index (χ1v) is 15.0. The number of fused-ring (bicyclic) bond motifs is 4. The van der Waals surface area contributed by atoms with Gasteiger partial charge in [0.15, 0.2) is 23.0 Å². The van der Waals surface area contributed by atoms with Crippen LogP contribution in [-0.4, -0.2) is 45.8 Å². The van der Waals surface area contributed by atoms with Gasteiger partial charge in [-0.2, -0.15) is 0 Å². The van der Waals surface area contributed by atoms with E-state index in [1.807, 2.05) is 84.9 Å². The van der Waals surface area contributed by atoms with Gasteiger partial charge in [-0.15, -0.1) is 0 Å². The van der Waals surface area contributed by atoms with E-state index >= 15 is 0 Å². The predicted octanol–water partition coefficient (Wildman–Crippen LogP) is 5.25. The second-order valence-electron chi connectivity index (χ2n) is 11.8. The second kappa shape index (κ2) is 10.4. The molecule has 0 saturated carbocycles. The maximum atomic E-state index is 13.5. The molecule has 4 unspecified atom stereocenters. The molecule has 222 valence electrons. The Labute approximate surface area is 253 Å². The quantitative estimate of drug-likeness (QED) is 0.227. The van der Waals surface area contributed by atoms with Crippen molar-refractivity contribution < 1.29 is 28.1 Å². The summed E-state index contributed by atoms with van der Waals surface area (Å²) in [6, 6.07) is 23.2. The molecular weight excluding hydrogens is 560 g/mol. The van der Waals surface area contributed by atoms with Crippen molar-refractivity contribution in [2.75, 3.05) is 0 Å². The fraction of sp³-hybridized carbons (Fsp3) is 0.294. The van der Waals surface area contributed by atoms with Gasteiger partial charge in [0.05, 0.1) is 0 Å². The van der Waals surface area contributed by atoms with Gasteiger partial charge in [0, 0.05) is 59.3 Å². The minimum Gasteiger partial charge on any atom is -0.431 e. The van der Waals surface area contributed by atoms with Crippen LogP contribution in [0.1, 0.15) is 49.9 Å². The van der Waals surface area contributed by atoms with Crippen LogP contribution >= 0.6 is 0 Å². The van der Waals surface area contributed by atoms with Crippen molar-refractivity contribution in [3.05, 3.63) is 96.3 Å². The smallest absolute Gasteiger partial charge is 0.419 e. The maximum absolute atomic E-state index is 13.5. The highest BCUT2D eigenvalue weighted by Crippen LogP contribution is 2.45. The Morgan fingerprint density at radius 2 is 1.11 bits per heavy atom. The molecule has 2 aromatic carbocycles. The van der Waals surface area contributed by atoms with Gasteiger partial charge in [0.25, 0.3) is 0 Å². The second-order valence-corrected chi connectivity index (χ2v) is 11.8. The third-order valence-electron chi connectivity index (χ3n) is 9.04. The summed E-state index contributed by atoms with van der Waals surface area (Å²) in [4.78, 5) is 27.0. The molecule has 0 radical (unpaired) electrons. The summed E-state index contributed by atoms with van der Waals surface area (Å²) in [7, 11) is 0. The lowest BCUT2D eigenvalue weighted by Crippen LogP contribution is -2.53. The van der Waals surface area contributed by atoms with Crippen LogP contribution in [0, 0.1) is 0 Å². The molecule has 0 amide bonds. The van der Waals surface area contributed by atoms with Crippen LogP contribution in [0.15, 0.2) is 94.0 Å². The van der Waals surface area contributed by atoms with Gasteiger partial charge in [-0.05, 0) is 25.7 Å². The van der Waals surface area contributed by atoms with E-state index in [4.69, 9.17) is 18.5 Å². The molecule has 10 nitrogen and oxygen atoms in total. The number of hydrogen-bond donors (Lipinski definition) is 2. The molecule has 4 aliphatic heterocycles. The molecule has 0 aliphatic carbocycles. The molecule has 4 bridgehead atoms. The molecule has 44 heavy (non-hydrogen) atoms. The molecule has 0 spiro atoms. The number of nitrogens with one attached hydrogen (secondary N) is 2. The number of esters is 2. The molecule has 4 aliphatic rings. The number of benzene rings is 2. The van der Waals surface area contributed by atoms with Crippen LogP contribution in [0.25, 0.3) is 33.8 Å². The van der Waals surface area contributed by atoms with Crippen molar-refractivity contribution in [2.45, 2.75) is 62.1 Å². The van der Waals surface area contributed by atoms with Gasteiger partial charge < -0.3 is 18.5 Å². The van der Waals surface area contributed by atoms with Crippen LogP contribution < -0.4 is 10.6 Å². The van der Waals surface area contributed by atoms with E-state index in [0.29, 0.717) is 46.9 Å². The number of nitrogens with zero attached hydrogens (tertiary/aromatic N) is 2. The summed E-state index contributed by atoms with van der Waals surface area (Å²) in [6.07, 6.45) is 8.07. The Morgan fingerprint density at radius 1 is 0.682 bits per heavy atom. The zero-order valence-corrected chi connectivity index (χ0v) is 23.8. The average molecular weight is 591 g/mol. The SMILES string of the molecule is O=C(OC12CCC(CC=C1c1cc(-c3ccccc3)on1)N2)C(=O)OC12CCC(CC=C1c1cc(-c3ccccc3)on1)N2. The molecule has 2 fully saturated rings. The summed E-state index contributed by atoms with van der Waals surface area (Å²) in [5.41, 5.74) is 1.79.